The van der Waals surface area contributed by atoms with E-state index in [4.69, 9.17) is 11.6 Å². The van der Waals surface area contributed by atoms with Crippen LogP contribution >= 0.6 is 22.9 Å². The third-order valence-corrected chi connectivity index (χ3v) is 6.66. The minimum atomic E-state index is -4.59. The maximum Gasteiger partial charge on any atom is 0.435 e. The van der Waals surface area contributed by atoms with Gasteiger partial charge in [0.25, 0.3) is 0 Å². The van der Waals surface area contributed by atoms with E-state index in [9.17, 15) is 18.0 Å². The van der Waals surface area contributed by atoms with Crippen molar-refractivity contribution in [3.63, 3.8) is 0 Å². The summed E-state index contributed by atoms with van der Waals surface area (Å²) >= 11 is 7.64. The lowest BCUT2D eigenvalue weighted by Crippen LogP contribution is -2.37. The summed E-state index contributed by atoms with van der Waals surface area (Å²) in [6, 6.07) is 8.82. The first kappa shape index (κ1) is 21.6. The summed E-state index contributed by atoms with van der Waals surface area (Å²) in [6.07, 6.45) is -1.91. The van der Waals surface area contributed by atoms with Crippen molar-refractivity contribution < 1.29 is 18.0 Å². The fraction of sp³-hybridized carbons (Fsp3) is 0.273. The van der Waals surface area contributed by atoms with Gasteiger partial charge < -0.3 is 4.90 Å². The highest BCUT2D eigenvalue weighted by Gasteiger charge is 2.39. The highest BCUT2D eigenvalue weighted by Crippen LogP contribution is 2.44. The maximum atomic E-state index is 13.8. The molecular formula is C22H19ClF3N3OS. The van der Waals surface area contributed by atoms with Gasteiger partial charge in [0, 0.05) is 35.6 Å². The van der Waals surface area contributed by atoms with Crippen molar-refractivity contribution in [2.45, 2.75) is 32.1 Å². The number of carbonyl (C=O) groups is 1. The molecule has 0 radical (unpaired) electrons. The van der Waals surface area contributed by atoms with Crippen LogP contribution in [0.25, 0.3) is 11.1 Å². The number of alkyl halides is 3. The molecule has 4 rings (SSSR count). The number of aromatic nitrogens is 2. The van der Waals surface area contributed by atoms with E-state index in [1.165, 1.54) is 28.3 Å². The third-order valence-electron chi connectivity index (χ3n) is 5.39. The number of aryl methyl sites for hydroxylation is 1. The van der Waals surface area contributed by atoms with Gasteiger partial charge in [0.1, 0.15) is 0 Å². The first-order valence-electron chi connectivity index (χ1n) is 9.66. The van der Waals surface area contributed by atoms with Gasteiger partial charge in [-0.05, 0) is 35.8 Å². The molecule has 3 aromatic rings. The fourth-order valence-electron chi connectivity index (χ4n) is 3.98. The lowest BCUT2D eigenvalue weighted by Gasteiger charge is -2.33. The predicted molar refractivity (Wildman–Crippen MR) is 115 cm³/mol. The van der Waals surface area contributed by atoms with E-state index in [1.807, 2.05) is 6.07 Å². The Hall–Kier alpha value is -2.58. The van der Waals surface area contributed by atoms with Crippen molar-refractivity contribution in [3.05, 3.63) is 75.2 Å². The van der Waals surface area contributed by atoms with Crippen LogP contribution in [0.5, 0.6) is 0 Å². The highest BCUT2D eigenvalue weighted by molar-refractivity contribution is 7.16. The maximum absolute atomic E-state index is 13.8. The third kappa shape index (κ3) is 4.02. The molecule has 0 fully saturated rings. The van der Waals surface area contributed by atoms with E-state index in [1.54, 1.807) is 36.1 Å². The van der Waals surface area contributed by atoms with Gasteiger partial charge in [0.2, 0.25) is 5.91 Å². The van der Waals surface area contributed by atoms with Crippen molar-refractivity contribution in [1.29, 1.82) is 0 Å². The number of benzene rings is 1. The molecule has 1 aromatic carbocycles. The zero-order valence-corrected chi connectivity index (χ0v) is 18.2. The summed E-state index contributed by atoms with van der Waals surface area (Å²) in [5.41, 5.74) is 1.19. The van der Waals surface area contributed by atoms with Gasteiger partial charge in [0.05, 0.1) is 10.9 Å². The Morgan fingerprint density at radius 3 is 2.74 bits per heavy atom. The van der Waals surface area contributed by atoms with Crippen molar-refractivity contribution in [1.82, 2.24) is 14.7 Å². The minimum Gasteiger partial charge on any atom is -0.333 e. The highest BCUT2D eigenvalue weighted by atomic mass is 35.5. The fourth-order valence-corrected chi connectivity index (χ4v) is 5.34. The van der Waals surface area contributed by atoms with Crippen LogP contribution in [0.1, 0.15) is 34.5 Å². The number of rotatable bonds is 4. The van der Waals surface area contributed by atoms with Crippen LogP contribution in [0.3, 0.4) is 0 Å². The molecule has 1 aliphatic rings. The van der Waals surface area contributed by atoms with Gasteiger partial charge >= 0.3 is 6.18 Å². The zero-order chi connectivity index (χ0) is 22.3. The van der Waals surface area contributed by atoms with E-state index in [2.05, 4.69) is 11.7 Å². The van der Waals surface area contributed by atoms with Crippen LogP contribution in [0.4, 0.5) is 13.2 Å². The van der Waals surface area contributed by atoms with Crippen LogP contribution in [0.2, 0.25) is 4.34 Å². The summed E-state index contributed by atoms with van der Waals surface area (Å²) < 4.78 is 43.1. The molecule has 4 nitrogen and oxygen atoms in total. The molecule has 2 aromatic heterocycles. The average molecular weight is 466 g/mol. The number of carbonyl (C=O) groups excluding carboxylic acids is 1. The van der Waals surface area contributed by atoms with E-state index in [-0.39, 0.29) is 17.4 Å². The number of amides is 1. The van der Waals surface area contributed by atoms with Gasteiger partial charge in [-0.1, -0.05) is 42.4 Å². The molecule has 0 saturated carbocycles. The second kappa shape index (κ2) is 8.16. The van der Waals surface area contributed by atoms with Gasteiger partial charge in [0.15, 0.2) is 5.69 Å². The van der Waals surface area contributed by atoms with Crippen molar-refractivity contribution in [3.8, 4) is 11.1 Å². The summed E-state index contributed by atoms with van der Waals surface area (Å²) in [6.45, 7) is 6.34. The Kier molecular flexibility index (Phi) is 5.70. The van der Waals surface area contributed by atoms with Crippen molar-refractivity contribution >= 4 is 28.8 Å². The SMILES string of the molecule is C=CC(=O)N1Cc2sc(Cl)cc2[C@H](c2ccccc2-c2cn(CC)nc2C(F)(F)F)C1. The van der Waals surface area contributed by atoms with Crippen LogP contribution in [-0.2, 0) is 24.1 Å². The largest absolute Gasteiger partial charge is 0.435 e. The zero-order valence-electron chi connectivity index (χ0n) is 16.6. The van der Waals surface area contributed by atoms with Gasteiger partial charge in [-0.2, -0.15) is 18.3 Å². The Labute approximate surface area is 186 Å². The number of hydrogen-bond donors (Lipinski definition) is 0. The molecule has 0 spiro atoms. The molecule has 0 aliphatic carbocycles. The number of halogens is 4. The molecule has 0 N–H and O–H groups in total. The van der Waals surface area contributed by atoms with Crippen LogP contribution in [-0.4, -0.2) is 27.1 Å². The average Bonchev–Trinajstić information content (AvgIpc) is 3.35. The summed E-state index contributed by atoms with van der Waals surface area (Å²) in [7, 11) is 0. The standard InChI is InChI=1S/C22H19ClF3N3OS/c1-3-20(30)28-10-16(15-9-19(23)31-18(15)12-28)13-7-5-6-8-14(13)17-11-29(4-2)27-21(17)22(24,25)26/h3,5-9,11,16H,1,4,10,12H2,2H3/t16-/m0/s1. The van der Waals surface area contributed by atoms with E-state index in [0.717, 1.165) is 10.4 Å². The summed E-state index contributed by atoms with van der Waals surface area (Å²) in [5.74, 6) is -0.550. The minimum absolute atomic E-state index is 0.0278. The molecule has 162 valence electrons. The normalized spacial score (nSPS) is 16.3. The van der Waals surface area contributed by atoms with E-state index in [0.29, 0.717) is 35.1 Å². The Morgan fingerprint density at radius 2 is 2.06 bits per heavy atom. The molecule has 0 unspecified atom stereocenters. The summed E-state index contributed by atoms with van der Waals surface area (Å²) in [4.78, 5) is 14.9. The van der Waals surface area contributed by atoms with Crippen molar-refractivity contribution in [2.24, 2.45) is 0 Å². The molecule has 0 bridgehead atoms. The number of thiophene rings is 1. The molecule has 1 aliphatic heterocycles. The Balaban J connectivity index is 1.89. The molecule has 1 amide bonds. The molecule has 31 heavy (non-hydrogen) atoms. The molecule has 1 atom stereocenters. The first-order valence-corrected chi connectivity index (χ1v) is 10.9. The number of fused-ring (bicyclic) bond motifs is 1. The Bertz CT molecular complexity index is 1150. The molecular weight excluding hydrogens is 447 g/mol. The molecule has 3 heterocycles. The number of nitrogens with zero attached hydrogens (tertiary/aromatic N) is 3. The van der Waals surface area contributed by atoms with Gasteiger partial charge in [-0.25, -0.2) is 0 Å². The van der Waals surface area contributed by atoms with Gasteiger partial charge in [-0.3, -0.25) is 9.48 Å². The van der Waals surface area contributed by atoms with Gasteiger partial charge in [-0.15, -0.1) is 11.3 Å². The predicted octanol–water partition coefficient (Wildman–Crippen LogP) is 5.96. The quantitative estimate of drug-likeness (QED) is 0.445. The Morgan fingerprint density at radius 1 is 1.32 bits per heavy atom. The van der Waals surface area contributed by atoms with Crippen molar-refractivity contribution in [2.75, 3.05) is 6.54 Å². The van der Waals surface area contributed by atoms with Crippen LogP contribution in [0, 0.1) is 0 Å². The van der Waals surface area contributed by atoms with Crippen LogP contribution in [0.15, 0.2) is 49.2 Å². The monoisotopic (exact) mass is 465 g/mol. The topological polar surface area (TPSA) is 38.1 Å². The number of hydrogen-bond acceptors (Lipinski definition) is 3. The molecule has 0 saturated heterocycles. The lowest BCUT2D eigenvalue weighted by atomic mass is 9.84. The van der Waals surface area contributed by atoms with E-state index < -0.39 is 11.9 Å². The second-order valence-corrected chi connectivity index (χ2v) is 9.00. The smallest absolute Gasteiger partial charge is 0.333 e. The summed E-state index contributed by atoms with van der Waals surface area (Å²) in [5, 5.41) is 3.76. The van der Waals surface area contributed by atoms with E-state index >= 15 is 0 Å². The molecule has 9 heteroatoms. The van der Waals surface area contributed by atoms with Crippen LogP contribution < -0.4 is 0 Å². The lowest BCUT2D eigenvalue weighted by molar-refractivity contribution is -0.141. The second-order valence-electron chi connectivity index (χ2n) is 7.24. The first-order chi connectivity index (χ1) is 14.7.